The molecule has 2 N–H and O–H groups in total. The van der Waals surface area contributed by atoms with Crippen LogP contribution >= 0.6 is 11.6 Å². The number of hydroxylamine groups is 1. The van der Waals surface area contributed by atoms with Crippen molar-refractivity contribution in [3.63, 3.8) is 0 Å². The Hall–Kier alpha value is -2.70. The van der Waals surface area contributed by atoms with E-state index in [1.807, 2.05) is 35.8 Å². The van der Waals surface area contributed by atoms with Crippen LogP contribution in [0.3, 0.4) is 0 Å². The van der Waals surface area contributed by atoms with Crippen molar-refractivity contribution in [3.8, 4) is 22.8 Å². The molecule has 1 heterocycles. The molecule has 3 aromatic rings. The molecule has 0 aliphatic heterocycles. The molecule has 0 saturated heterocycles. The number of nitrogens with one attached hydrogen (secondary N) is 1. The Bertz CT molecular complexity index is 799. The minimum atomic E-state index is 0.343. The highest BCUT2D eigenvalue weighted by molar-refractivity contribution is 6.30. The summed E-state index contributed by atoms with van der Waals surface area (Å²) in [5.74, 6) is 0.807. The summed E-state index contributed by atoms with van der Waals surface area (Å²) in [6.07, 6.45) is 1.16. The number of nitrogens with zero attached hydrogens (tertiary/aromatic N) is 3. The van der Waals surface area contributed by atoms with Crippen molar-refractivity contribution in [1.29, 1.82) is 0 Å². The summed E-state index contributed by atoms with van der Waals surface area (Å²) >= 11 is 5.86. The summed E-state index contributed by atoms with van der Waals surface area (Å²) in [7, 11) is 0. The number of benzene rings is 2. The van der Waals surface area contributed by atoms with Gasteiger partial charge in [0, 0.05) is 10.6 Å². The van der Waals surface area contributed by atoms with Gasteiger partial charge in [-0.3, -0.25) is 10.7 Å². The Morgan fingerprint density at radius 3 is 2.68 bits per heavy atom. The summed E-state index contributed by atoms with van der Waals surface area (Å²) in [5, 5.41) is 13.2. The standard InChI is InChI=1S/C15H11ClN4O2/c16-11-7-5-10(6-8-11)14-19-15(22-20-14)12-3-1-2-4-13(12)17-9-18-21/h1-9,21H,(H,17,18). The van der Waals surface area contributed by atoms with Crippen molar-refractivity contribution < 1.29 is 9.73 Å². The fraction of sp³-hybridized carbons (Fsp3) is 0. The van der Waals surface area contributed by atoms with Gasteiger partial charge in [-0.2, -0.15) is 4.98 Å². The molecular weight excluding hydrogens is 304 g/mol. The van der Waals surface area contributed by atoms with Gasteiger partial charge in [-0.15, -0.1) is 0 Å². The minimum Gasteiger partial charge on any atom is -0.334 e. The Kier molecular flexibility index (Phi) is 4.13. The molecule has 1 aromatic heterocycles. The van der Waals surface area contributed by atoms with Gasteiger partial charge in [0.2, 0.25) is 5.82 Å². The van der Waals surface area contributed by atoms with E-state index in [1.165, 1.54) is 0 Å². The number of halogens is 1. The Balaban J connectivity index is 1.97. The third-order valence-electron chi connectivity index (χ3n) is 2.92. The summed E-state index contributed by atoms with van der Waals surface area (Å²) < 4.78 is 5.31. The van der Waals surface area contributed by atoms with Crippen molar-refractivity contribution in [2.45, 2.75) is 0 Å². The first-order chi connectivity index (χ1) is 10.8. The van der Waals surface area contributed by atoms with Crippen LogP contribution < -0.4 is 5.48 Å². The first kappa shape index (κ1) is 14.2. The van der Waals surface area contributed by atoms with Crippen LogP contribution in [0.1, 0.15) is 0 Å². The average Bonchev–Trinajstić information content (AvgIpc) is 3.03. The third-order valence-corrected chi connectivity index (χ3v) is 3.18. The molecule has 0 spiro atoms. The maximum absolute atomic E-state index is 8.60. The fourth-order valence-corrected chi connectivity index (χ4v) is 2.04. The quantitative estimate of drug-likeness (QED) is 0.436. The van der Waals surface area contributed by atoms with E-state index in [9.17, 15) is 0 Å². The van der Waals surface area contributed by atoms with Crippen molar-refractivity contribution in [1.82, 2.24) is 15.6 Å². The molecule has 22 heavy (non-hydrogen) atoms. The van der Waals surface area contributed by atoms with Gasteiger partial charge in [0.25, 0.3) is 5.89 Å². The predicted octanol–water partition coefficient (Wildman–Crippen LogP) is 3.70. The zero-order valence-corrected chi connectivity index (χ0v) is 12.0. The van der Waals surface area contributed by atoms with Crippen LogP contribution in [-0.4, -0.2) is 21.7 Å². The zero-order chi connectivity index (χ0) is 15.4. The number of hydrogen-bond acceptors (Lipinski definition) is 5. The second-order valence-electron chi connectivity index (χ2n) is 4.33. The van der Waals surface area contributed by atoms with Gasteiger partial charge in [0.15, 0.2) is 0 Å². The molecule has 0 unspecified atom stereocenters. The van der Waals surface area contributed by atoms with Crippen LogP contribution in [-0.2, 0) is 0 Å². The minimum absolute atomic E-state index is 0.343. The smallest absolute Gasteiger partial charge is 0.260 e. The van der Waals surface area contributed by atoms with Gasteiger partial charge in [-0.05, 0) is 36.4 Å². The normalized spacial score (nSPS) is 11.0. The van der Waals surface area contributed by atoms with Crippen molar-refractivity contribution in [2.24, 2.45) is 4.99 Å². The van der Waals surface area contributed by atoms with E-state index in [4.69, 9.17) is 21.3 Å². The zero-order valence-electron chi connectivity index (χ0n) is 11.3. The monoisotopic (exact) mass is 314 g/mol. The van der Waals surface area contributed by atoms with Crippen LogP contribution in [0.5, 0.6) is 0 Å². The number of aliphatic imine (C=N–C) groups is 1. The second-order valence-corrected chi connectivity index (χ2v) is 4.77. The summed E-state index contributed by atoms with van der Waals surface area (Å²) in [6.45, 7) is 0. The summed E-state index contributed by atoms with van der Waals surface area (Å²) in [5.41, 5.74) is 3.92. The summed E-state index contributed by atoms with van der Waals surface area (Å²) in [4.78, 5) is 8.43. The molecule has 0 radical (unpaired) electrons. The van der Waals surface area contributed by atoms with Crippen molar-refractivity contribution >= 4 is 23.6 Å². The predicted molar refractivity (Wildman–Crippen MR) is 83.3 cm³/mol. The van der Waals surface area contributed by atoms with Crippen molar-refractivity contribution in [2.75, 3.05) is 0 Å². The van der Waals surface area contributed by atoms with Gasteiger partial charge in [0.1, 0.15) is 6.34 Å². The van der Waals surface area contributed by atoms with Gasteiger partial charge < -0.3 is 4.52 Å². The maximum Gasteiger partial charge on any atom is 0.260 e. The molecule has 6 nitrogen and oxygen atoms in total. The molecule has 2 aromatic carbocycles. The molecular formula is C15H11ClN4O2. The topological polar surface area (TPSA) is 83.5 Å². The number of hydrogen-bond donors (Lipinski definition) is 2. The first-order valence-electron chi connectivity index (χ1n) is 6.39. The molecule has 0 fully saturated rings. The molecule has 0 aliphatic carbocycles. The fourth-order valence-electron chi connectivity index (χ4n) is 1.91. The van der Waals surface area contributed by atoms with E-state index in [2.05, 4.69) is 15.1 Å². The van der Waals surface area contributed by atoms with E-state index in [-0.39, 0.29) is 0 Å². The Morgan fingerprint density at radius 1 is 1.14 bits per heavy atom. The van der Waals surface area contributed by atoms with E-state index in [1.54, 1.807) is 18.2 Å². The highest BCUT2D eigenvalue weighted by atomic mass is 35.5. The first-order valence-corrected chi connectivity index (χ1v) is 6.77. The van der Waals surface area contributed by atoms with E-state index in [0.717, 1.165) is 11.9 Å². The lowest BCUT2D eigenvalue weighted by molar-refractivity contribution is 0.240. The summed E-state index contributed by atoms with van der Waals surface area (Å²) in [6, 6.07) is 14.4. The second kappa shape index (κ2) is 6.38. The third kappa shape index (κ3) is 2.98. The Morgan fingerprint density at radius 2 is 1.91 bits per heavy atom. The number of aromatic nitrogens is 2. The molecule has 0 bridgehead atoms. The van der Waals surface area contributed by atoms with E-state index in [0.29, 0.717) is 28.0 Å². The van der Waals surface area contributed by atoms with Crippen LogP contribution in [0, 0.1) is 0 Å². The molecule has 7 heteroatoms. The van der Waals surface area contributed by atoms with Gasteiger partial charge in [-0.25, -0.2) is 4.99 Å². The highest BCUT2D eigenvalue weighted by Crippen LogP contribution is 2.30. The van der Waals surface area contributed by atoms with E-state index < -0.39 is 0 Å². The molecule has 0 saturated carbocycles. The van der Waals surface area contributed by atoms with Crippen LogP contribution in [0.15, 0.2) is 58.0 Å². The lowest BCUT2D eigenvalue weighted by atomic mass is 10.2. The maximum atomic E-state index is 8.60. The molecule has 110 valence electrons. The molecule has 0 amide bonds. The van der Waals surface area contributed by atoms with Gasteiger partial charge in [-0.1, -0.05) is 28.9 Å². The SMILES string of the molecule is ONC=Nc1ccccc1-c1nc(-c2ccc(Cl)cc2)no1. The average molecular weight is 315 g/mol. The highest BCUT2D eigenvalue weighted by Gasteiger charge is 2.13. The molecule has 0 aliphatic rings. The number of para-hydroxylation sites is 1. The Labute approximate surface area is 131 Å². The van der Waals surface area contributed by atoms with Crippen LogP contribution in [0.25, 0.3) is 22.8 Å². The van der Waals surface area contributed by atoms with Gasteiger partial charge >= 0.3 is 0 Å². The number of rotatable bonds is 4. The lowest BCUT2D eigenvalue weighted by Gasteiger charge is -1.99. The largest absolute Gasteiger partial charge is 0.334 e. The van der Waals surface area contributed by atoms with Gasteiger partial charge in [0.05, 0.1) is 11.3 Å². The molecule has 0 atom stereocenters. The van der Waals surface area contributed by atoms with Crippen LogP contribution in [0.2, 0.25) is 5.02 Å². The van der Waals surface area contributed by atoms with Crippen LogP contribution in [0.4, 0.5) is 5.69 Å². The van der Waals surface area contributed by atoms with E-state index >= 15 is 0 Å². The lowest BCUT2D eigenvalue weighted by Crippen LogP contribution is -2.01. The molecule has 3 rings (SSSR count). The van der Waals surface area contributed by atoms with Crippen molar-refractivity contribution in [3.05, 3.63) is 53.6 Å².